The Morgan fingerprint density at radius 1 is 1.11 bits per heavy atom. The normalized spacial score (nSPS) is 11.6. The zero-order chi connectivity index (χ0) is 19.6. The molecule has 27 heavy (non-hydrogen) atoms. The molecule has 0 bridgehead atoms. The summed E-state index contributed by atoms with van der Waals surface area (Å²) < 4.78 is 0. The average Bonchev–Trinajstić information content (AvgIpc) is 2.66. The Balaban J connectivity index is 1.79. The Kier molecular flexibility index (Phi) is 7.56. The highest BCUT2D eigenvalue weighted by Gasteiger charge is 2.11. The number of hydrogen-bond donors (Lipinski definition) is 4. The van der Waals surface area contributed by atoms with Gasteiger partial charge in [-0.25, -0.2) is 4.79 Å². The fourth-order valence-corrected chi connectivity index (χ4v) is 2.33. The van der Waals surface area contributed by atoms with Gasteiger partial charge in [-0.1, -0.05) is 24.3 Å². The predicted octanol–water partition coefficient (Wildman–Crippen LogP) is 0.623. The molecule has 2 rings (SSSR count). The van der Waals surface area contributed by atoms with E-state index in [1.807, 2.05) is 24.3 Å². The van der Waals surface area contributed by atoms with Crippen LogP contribution in [0.2, 0.25) is 0 Å². The molecule has 1 aromatic carbocycles. The number of aromatic nitrogens is 4. The molecule has 144 valence electrons. The van der Waals surface area contributed by atoms with Gasteiger partial charge in [-0.2, -0.15) is 0 Å². The molecule has 0 aliphatic rings. The maximum atomic E-state index is 11.9. The Hall–Kier alpha value is -3.14. The first-order chi connectivity index (χ1) is 13.0. The smallest absolute Gasteiger partial charge is 0.320 e. The van der Waals surface area contributed by atoms with E-state index in [9.17, 15) is 9.59 Å². The van der Waals surface area contributed by atoms with Crippen molar-refractivity contribution < 1.29 is 14.7 Å². The number of carbonyl (C=O) groups excluding carboxylic acids is 1. The highest BCUT2D eigenvalue weighted by Crippen LogP contribution is 2.18. The number of aliphatic carboxylic acids is 1. The number of unbranched alkanes of at least 4 members (excludes halogenated alkanes) is 1. The molecular formula is C17H23N7O3. The van der Waals surface area contributed by atoms with Crippen LogP contribution < -0.4 is 16.4 Å². The second kappa shape index (κ2) is 10.1. The molecule has 2 aromatic rings. The Labute approximate surface area is 156 Å². The van der Waals surface area contributed by atoms with Crippen molar-refractivity contribution in [1.82, 2.24) is 31.0 Å². The van der Waals surface area contributed by atoms with Crippen LogP contribution in [0.15, 0.2) is 24.3 Å². The quantitative estimate of drug-likeness (QED) is 0.466. The van der Waals surface area contributed by atoms with Crippen LogP contribution in [0, 0.1) is 6.92 Å². The largest absolute Gasteiger partial charge is 0.480 e. The molecule has 1 atom stereocenters. The van der Waals surface area contributed by atoms with Gasteiger partial charge in [0.15, 0.2) is 5.82 Å². The molecular weight excluding hydrogens is 350 g/mol. The number of nitrogens with one attached hydrogen (secondary N) is 2. The third-order valence-electron chi connectivity index (χ3n) is 3.82. The number of hydrogen-bond acceptors (Lipinski definition) is 7. The minimum atomic E-state index is -1.01. The number of urea groups is 1. The molecule has 1 unspecified atom stereocenters. The molecule has 10 heteroatoms. The summed E-state index contributed by atoms with van der Waals surface area (Å²) in [7, 11) is 0. The van der Waals surface area contributed by atoms with Crippen molar-refractivity contribution in [2.75, 3.05) is 6.54 Å². The Bertz CT molecular complexity index is 767. The number of benzene rings is 1. The fourth-order valence-electron chi connectivity index (χ4n) is 2.33. The summed E-state index contributed by atoms with van der Waals surface area (Å²) in [5.41, 5.74) is 7.01. The summed E-state index contributed by atoms with van der Waals surface area (Å²) in [6.45, 7) is 2.44. The van der Waals surface area contributed by atoms with Gasteiger partial charge in [0.05, 0.1) is 0 Å². The van der Waals surface area contributed by atoms with Crippen molar-refractivity contribution in [3.8, 4) is 11.4 Å². The SMILES string of the molecule is Cc1nnc(-c2ccccc2CNC(=O)NCCCCC(N)C(=O)O)nn1. The Morgan fingerprint density at radius 3 is 2.52 bits per heavy atom. The van der Waals surface area contributed by atoms with Crippen LogP contribution in [0.25, 0.3) is 11.4 Å². The lowest BCUT2D eigenvalue weighted by Gasteiger charge is -2.11. The number of carbonyl (C=O) groups is 2. The summed E-state index contributed by atoms with van der Waals surface area (Å²) in [6.07, 6.45) is 1.66. The molecule has 1 heterocycles. The van der Waals surface area contributed by atoms with Crippen LogP contribution in [-0.2, 0) is 11.3 Å². The molecule has 5 N–H and O–H groups in total. The van der Waals surface area contributed by atoms with E-state index in [0.29, 0.717) is 44.0 Å². The summed E-state index contributed by atoms with van der Waals surface area (Å²) >= 11 is 0. The van der Waals surface area contributed by atoms with Crippen LogP contribution in [0.1, 0.15) is 30.7 Å². The maximum Gasteiger partial charge on any atom is 0.320 e. The molecule has 0 aliphatic carbocycles. The predicted molar refractivity (Wildman–Crippen MR) is 97.5 cm³/mol. The van der Waals surface area contributed by atoms with Gasteiger partial charge in [0.2, 0.25) is 5.82 Å². The molecule has 0 saturated carbocycles. The van der Waals surface area contributed by atoms with Crippen molar-refractivity contribution >= 4 is 12.0 Å². The fraction of sp³-hybridized carbons (Fsp3) is 0.412. The molecule has 0 radical (unpaired) electrons. The van der Waals surface area contributed by atoms with Crippen molar-refractivity contribution in [2.24, 2.45) is 5.73 Å². The summed E-state index contributed by atoms with van der Waals surface area (Å²) in [5, 5.41) is 30.1. The van der Waals surface area contributed by atoms with Crippen molar-refractivity contribution in [3.05, 3.63) is 35.7 Å². The summed E-state index contributed by atoms with van der Waals surface area (Å²) in [6, 6.07) is 6.25. The van der Waals surface area contributed by atoms with Crippen LogP contribution in [-0.4, -0.2) is 50.1 Å². The molecule has 0 spiro atoms. The van der Waals surface area contributed by atoms with Crippen LogP contribution in [0.5, 0.6) is 0 Å². The number of nitrogens with two attached hydrogens (primary N) is 1. The lowest BCUT2D eigenvalue weighted by atomic mass is 10.1. The van der Waals surface area contributed by atoms with Gasteiger partial charge in [-0.05, 0) is 31.7 Å². The maximum absolute atomic E-state index is 11.9. The highest BCUT2D eigenvalue weighted by molar-refractivity contribution is 5.74. The average molecular weight is 373 g/mol. The molecule has 0 saturated heterocycles. The van der Waals surface area contributed by atoms with Gasteiger partial charge in [-0.15, -0.1) is 20.4 Å². The van der Waals surface area contributed by atoms with Crippen LogP contribution in [0.4, 0.5) is 4.79 Å². The number of rotatable bonds is 9. The van der Waals surface area contributed by atoms with E-state index in [1.54, 1.807) is 6.92 Å². The van der Waals surface area contributed by atoms with Gasteiger partial charge >= 0.3 is 12.0 Å². The van der Waals surface area contributed by atoms with E-state index in [1.165, 1.54) is 0 Å². The van der Waals surface area contributed by atoms with E-state index in [0.717, 1.165) is 11.1 Å². The second-order valence-electron chi connectivity index (χ2n) is 5.98. The third kappa shape index (κ3) is 6.59. The highest BCUT2D eigenvalue weighted by atomic mass is 16.4. The molecule has 0 fully saturated rings. The zero-order valence-electron chi connectivity index (χ0n) is 15.1. The van der Waals surface area contributed by atoms with Gasteiger partial charge in [-0.3, -0.25) is 4.79 Å². The van der Waals surface area contributed by atoms with Gasteiger partial charge in [0.25, 0.3) is 0 Å². The topological polar surface area (TPSA) is 156 Å². The lowest BCUT2D eigenvalue weighted by molar-refractivity contribution is -0.138. The molecule has 0 aliphatic heterocycles. The van der Waals surface area contributed by atoms with E-state index in [4.69, 9.17) is 10.8 Å². The number of carboxylic acids is 1. The Morgan fingerprint density at radius 2 is 1.81 bits per heavy atom. The van der Waals surface area contributed by atoms with Gasteiger partial charge in [0.1, 0.15) is 6.04 Å². The number of amides is 2. The van der Waals surface area contributed by atoms with Crippen LogP contribution >= 0.6 is 0 Å². The van der Waals surface area contributed by atoms with Crippen molar-refractivity contribution in [2.45, 2.75) is 38.8 Å². The number of nitrogens with zero attached hydrogens (tertiary/aromatic N) is 4. The first kappa shape index (κ1) is 20.2. The summed E-state index contributed by atoms with van der Waals surface area (Å²) in [5.74, 6) is -0.131. The molecule has 1 aromatic heterocycles. The van der Waals surface area contributed by atoms with Crippen molar-refractivity contribution in [3.63, 3.8) is 0 Å². The van der Waals surface area contributed by atoms with E-state index in [2.05, 4.69) is 31.0 Å². The first-order valence-corrected chi connectivity index (χ1v) is 8.59. The van der Waals surface area contributed by atoms with Crippen molar-refractivity contribution in [1.29, 1.82) is 0 Å². The zero-order valence-corrected chi connectivity index (χ0v) is 15.1. The number of carboxylic acid groups (broad SMARTS) is 1. The first-order valence-electron chi connectivity index (χ1n) is 8.59. The summed E-state index contributed by atoms with van der Waals surface area (Å²) in [4.78, 5) is 22.5. The lowest BCUT2D eigenvalue weighted by Crippen LogP contribution is -2.36. The monoisotopic (exact) mass is 373 g/mol. The van der Waals surface area contributed by atoms with E-state index in [-0.39, 0.29) is 6.03 Å². The molecule has 10 nitrogen and oxygen atoms in total. The minimum absolute atomic E-state index is 0.295. The minimum Gasteiger partial charge on any atom is -0.480 e. The second-order valence-corrected chi connectivity index (χ2v) is 5.98. The van der Waals surface area contributed by atoms with Gasteiger partial charge < -0.3 is 21.5 Å². The third-order valence-corrected chi connectivity index (χ3v) is 3.82. The number of aryl methyl sites for hydroxylation is 1. The standard InChI is InChI=1S/C17H23N7O3/c1-11-21-23-15(24-22-11)13-7-3-2-6-12(13)10-20-17(27)19-9-5-4-8-14(18)16(25)26/h2-3,6-7,14H,4-5,8-10,18H2,1H3,(H,25,26)(H2,19,20,27). The molecule has 2 amide bonds. The van der Waals surface area contributed by atoms with Gasteiger partial charge in [0, 0.05) is 18.7 Å². The van der Waals surface area contributed by atoms with E-state index < -0.39 is 12.0 Å². The van der Waals surface area contributed by atoms with E-state index >= 15 is 0 Å². The van der Waals surface area contributed by atoms with Crippen LogP contribution in [0.3, 0.4) is 0 Å².